The molecule has 2 aromatic carbocycles. The Kier molecular flexibility index (Phi) is 4.53. The van der Waals surface area contributed by atoms with Gasteiger partial charge in [-0.2, -0.15) is 0 Å². The lowest BCUT2D eigenvalue weighted by atomic mass is 10.3. The summed E-state index contributed by atoms with van der Waals surface area (Å²) in [6.45, 7) is 0. The van der Waals surface area contributed by atoms with Crippen LogP contribution in [0.15, 0.2) is 76.2 Å². The van der Waals surface area contributed by atoms with E-state index >= 15 is 0 Å². The fourth-order valence-corrected chi connectivity index (χ4v) is 3.23. The van der Waals surface area contributed by atoms with Crippen molar-refractivity contribution in [3.05, 3.63) is 78.5 Å². The number of amides is 1. The number of benzene rings is 2. The molecule has 0 spiro atoms. The molecule has 0 aliphatic heterocycles. The van der Waals surface area contributed by atoms with Crippen molar-refractivity contribution >= 4 is 27.3 Å². The molecule has 1 heterocycles. The standard InChI is InChI=1S/C17H13FN2O4S/c18-14-4-1-2-6-16(14)25(22,23)20-13-9-7-12(8-10-13)19-17(21)15-5-3-11-24-15/h1-11,20H,(H,19,21). The van der Waals surface area contributed by atoms with Crippen molar-refractivity contribution in [1.29, 1.82) is 0 Å². The first kappa shape index (κ1) is 16.7. The molecule has 0 bridgehead atoms. The van der Waals surface area contributed by atoms with Gasteiger partial charge in [0.05, 0.1) is 6.26 Å². The van der Waals surface area contributed by atoms with Gasteiger partial charge in [-0.25, -0.2) is 12.8 Å². The minimum Gasteiger partial charge on any atom is -0.459 e. The van der Waals surface area contributed by atoms with Gasteiger partial charge >= 0.3 is 0 Å². The highest BCUT2D eigenvalue weighted by atomic mass is 32.2. The van der Waals surface area contributed by atoms with Gasteiger partial charge in [-0.1, -0.05) is 12.1 Å². The maximum Gasteiger partial charge on any atom is 0.291 e. The highest BCUT2D eigenvalue weighted by Crippen LogP contribution is 2.20. The summed E-state index contributed by atoms with van der Waals surface area (Å²) in [5.41, 5.74) is 0.689. The summed E-state index contributed by atoms with van der Waals surface area (Å²) in [4.78, 5) is 11.4. The van der Waals surface area contributed by atoms with Crippen LogP contribution in [0.3, 0.4) is 0 Å². The van der Waals surface area contributed by atoms with Gasteiger partial charge in [-0.05, 0) is 48.5 Å². The van der Waals surface area contributed by atoms with E-state index < -0.39 is 26.6 Å². The van der Waals surface area contributed by atoms with Crippen LogP contribution in [0.1, 0.15) is 10.6 Å². The Balaban J connectivity index is 1.72. The first-order valence-corrected chi connectivity index (χ1v) is 8.66. The van der Waals surface area contributed by atoms with Crippen LogP contribution in [0.2, 0.25) is 0 Å². The molecule has 0 aliphatic rings. The molecule has 8 heteroatoms. The average molecular weight is 360 g/mol. The van der Waals surface area contributed by atoms with Gasteiger partial charge in [0.15, 0.2) is 5.76 Å². The van der Waals surface area contributed by atoms with Crippen LogP contribution in [0, 0.1) is 5.82 Å². The first-order valence-electron chi connectivity index (χ1n) is 7.18. The van der Waals surface area contributed by atoms with E-state index in [1.807, 2.05) is 0 Å². The summed E-state index contributed by atoms with van der Waals surface area (Å²) < 4.78 is 45.3. The van der Waals surface area contributed by atoms with Crippen molar-refractivity contribution in [3.8, 4) is 0 Å². The maximum absolute atomic E-state index is 13.7. The zero-order valence-electron chi connectivity index (χ0n) is 12.8. The summed E-state index contributed by atoms with van der Waals surface area (Å²) in [5.74, 6) is -1.11. The van der Waals surface area contributed by atoms with Gasteiger partial charge in [0, 0.05) is 11.4 Å². The van der Waals surface area contributed by atoms with Crippen molar-refractivity contribution in [3.63, 3.8) is 0 Å². The number of carbonyl (C=O) groups excluding carboxylic acids is 1. The van der Waals surface area contributed by atoms with Crippen LogP contribution < -0.4 is 10.0 Å². The maximum atomic E-state index is 13.7. The predicted octanol–water partition coefficient (Wildman–Crippen LogP) is 3.47. The quantitative estimate of drug-likeness (QED) is 0.729. The molecular weight excluding hydrogens is 347 g/mol. The lowest BCUT2D eigenvalue weighted by Crippen LogP contribution is -2.14. The molecule has 3 aromatic rings. The molecule has 3 rings (SSSR count). The molecule has 128 valence electrons. The minimum atomic E-state index is -4.04. The van der Waals surface area contributed by atoms with E-state index in [-0.39, 0.29) is 11.4 Å². The third kappa shape index (κ3) is 3.86. The zero-order chi connectivity index (χ0) is 17.9. The molecule has 2 N–H and O–H groups in total. The molecule has 0 atom stereocenters. The molecule has 1 aromatic heterocycles. The van der Waals surface area contributed by atoms with Crippen molar-refractivity contribution in [1.82, 2.24) is 0 Å². The number of sulfonamides is 1. The lowest BCUT2D eigenvalue weighted by Gasteiger charge is -2.10. The molecule has 25 heavy (non-hydrogen) atoms. The molecular formula is C17H13FN2O4S. The summed E-state index contributed by atoms with van der Waals surface area (Å²) in [5, 5.41) is 2.61. The van der Waals surface area contributed by atoms with Crippen LogP contribution in [-0.4, -0.2) is 14.3 Å². The Bertz CT molecular complexity index is 984. The van der Waals surface area contributed by atoms with E-state index in [1.54, 1.807) is 6.07 Å². The fraction of sp³-hybridized carbons (Fsp3) is 0. The summed E-state index contributed by atoms with van der Waals surface area (Å²) in [7, 11) is -4.04. The second-order valence-electron chi connectivity index (χ2n) is 5.04. The minimum absolute atomic E-state index is 0.157. The number of halogens is 1. The van der Waals surface area contributed by atoms with Crippen molar-refractivity contribution in [2.75, 3.05) is 10.0 Å². The number of hydrogen-bond acceptors (Lipinski definition) is 4. The molecule has 0 saturated heterocycles. The van der Waals surface area contributed by atoms with Gasteiger partial charge in [-0.15, -0.1) is 0 Å². The number of hydrogen-bond donors (Lipinski definition) is 2. The van der Waals surface area contributed by atoms with Crippen molar-refractivity contribution in [2.45, 2.75) is 4.90 Å². The van der Waals surface area contributed by atoms with E-state index in [0.29, 0.717) is 5.69 Å². The molecule has 0 fully saturated rings. The second-order valence-corrected chi connectivity index (χ2v) is 6.70. The Morgan fingerprint density at radius 3 is 2.24 bits per heavy atom. The Morgan fingerprint density at radius 1 is 0.920 bits per heavy atom. The number of anilines is 2. The van der Waals surface area contributed by atoms with Crippen LogP contribution in [0.5, 0.6) is 0 Å². The van der Waals surface area contributed by atoms with Gasteiger partial charge in [0.1, 0.15) is 10.7 Å². The number of furan rings is 1. The van der Waals surface area contributed by atoms with Crippen molar-refractivity contribution in [2.24, 2.45) is 0 Å². The average Bonchev–Trinajstić information content (AvgIpc) is 3.11. The largest absolute Gasteiger partial charge is 0.459 e. The second kappa shape index (κ2) is 6.78. The van der Waals surface area contributed by atoms with Gasteiger partial charge < -0.3 is 9.73 Å². The van der Waals surface area contributed by atoms with Crippen LogP contribution in [0.25, 0.3) is 0 Å². The molecule has 0 radical (unpaired) electrons. The van der Waals surface area contributed by atoms with E-state index in [2.05, 4.69) is 10.0 Å². The topological polar surface area (TPSA) is 88.4 Å². The first-order chi connectivity index (χ1) is 12.0. The zero-order valence-corrected chi connectivity index (χ0v) is 13.6. The molecule has 0 aliphatic carbocycles. The van der Waals surface area contributed by atoms with Gasteiger partial charge in [0.25, 0.3) is 15.9 Å². The molecule has 6 nitrogen and oxygen atoms in total. The molecule has 0 saturated carbocycles. The highest BCUT2D eigenvalue weighted by Gasteiger charge is 2.18. The summed E-state index contributed by atoms with van der Waals surface area (Å²) in [6, 6.07) is 14.1. The van der Waals surface area contributed by atoms with E-state index in [1.165, 1.54) is 54.8 Å². The fourth-order valence-electron chi connectivity index (χ4n) is 2.09. The van der Waals surface area contributed by atoms with Crippen molar-refractivity contribution < 1.29 is 22.0 Å². The number of rotatable bonds is 5. The Hall–Kier alpha value is -3.13. The predicted molar refractivity (Wildman–Crippen MR) is 90.3 cm³/mol. The van der Waals surface area contributed by atoms with Crippen LogP contribution >= 0.6 is 0 Å². The van der Waals surface area contributed by atoms with Gasteiger partial charge in [0.2, 0.25) is 0 Å². The molecule has 0 unspecified atom stereocenters. The monoisotopic (exact) mass is 360 g/mol. The number of carbonyl (C=O) groups is 1. The summed E-state index contributed by atoms with van der Waals surface area (Å²) >= 11 is 0. The highest BCUT2D eigenvalue weighted by molar-refractivity contribution is 7.92. The smallest absolute Gasteiger partial charge is 0.291 e. The summed E-state index contributed by atoms with van der Waals surface area (Å²) in [6.07, 6.45) is 1.38. The van der Waals surface area contributed by atoms with E-state index in [0.717, 1.165) is 6.07 Å². The third-order valence-corrected chi connectivity index (χ3v) is 4.68. The van der Waals surface area contributed by atoms with E-state index in [4.69, 9.17) is 4.42 Å². The molecule has 1 amide bonds. The Morgan fingerprint density at radius 2 is 1.60 bits per heavy atom. The van der Waals surface area contributed by atoms with Crippen LogP contribution in [0.4, 0.5) is 15.8 Å². The lowest BCUT2D eigenvalue weighted by molar-refractivity contribution is 0.0996. The number of nitrogens with one attached hydrogen (secondary N) is 2. The van der Waals surface area contributed by atoms with Crippen LogP contribution in [-0.2, 0) is 10.0 Å². The normalized spacial score (nSPS) is 11.1. The van der Waals surface area contributed by atoms with Gasteiger partial charge in [-0.3, -0.25) is 9.52 Å². The van der Waals surface area contributed by atoms with E-state index in [9.17, 15) is 17.6 Å². The SMILES string of the molecule is O=C(Nc1ccc(NS(=O)(=O)c2ccccc2F)cc1)c1ccco1. The third-order valence-electron chi connectivity index (χ3n) is 3.27. The Labute approximate surface area is 143 Å².